The molecule has 0 N–H and O–H groups in total. The third-order valence-corrected chi connectivity index (χ3v) is 3.63. The molecule has 0 aromatic carbocycles. The average molecular weight is 268 g/mol. The summed E-state index contributed by atoms with van der Waals surface area (Å²) >= 11 is 0. The van der Waals surface area contributed by atoms with E-state index in [1.54, 1.807) is 0 Å². The van der Waals surface area contributed by atoms with Crippen LogP contribution in [0.5, 0.6) is 0 Å². The third-order valence-electron chi connectivity index (χ3n) is 3.63. The van der Waals surface area contributed by atoms with Crippen molar-refractivity contribution in [3.8, 4) is 0 Å². The van der Waals surface area contributed by atoms with Gasteiger partial charge in [0.05, 0.1) is 0 Å². The smallest absolute Gasteiger partial charge is 0.133 e. The Morgan fingerprint density at radius 2 is 1.47 bits per heavy atom. The molecule has 0 amide bonds. The summed E-state index contributed by atoms with van der Waals surface area (Å²) in [4.78, 5) is 21.9. The maximum atomic E-state index is 11.6. The van der Waals surface area contributed by atoms with Crippen molar-refractivity contribution in [2.45, 2.75) is 90.9 Å². The van der Waals surface area contributed by atoms with Crippen LogP contribution in [0.15, 0.2) is 0 Å². The Morgan fingerprint density at radius 1 is 0.947 bits per heavy atom. The molecule has 2 nitrogen and oxygen atoms in total. The minimum absolute atomic E-state index is 0.226. The van der Waals surface area contributed by atoms with E-state index in [9.17, 15) is 9.59 Å². The quantitative estimate of drug-likeness (QED) is 0.325. The van der Waals surface area contributed by atoms with Crippen molar-refractivity contribution < 1.29 is 9.59 Å². The number of hydrogen-bond acceptors (Lipinski definition) is 2. The molecule has 0 aromatic rings. The van der Waals surface area contributed by atoms with Gasteiger partial charge in [0.25, 0.3) is 0 Å². The van der Waals surface area contributed by atoms with Gasteiger partial charge in [-0.2, -0.15) is 0 Å². The van der Waals surface area contributed by atoms with Crippen molar-refractivity contribution in [3.05, 3.63) is 0 Å². The number of carbonyl (C=O) groups excluding carboxylic acids is 2. The van der Waals surface area contributed by atoms with Crippen LogP contribution in [0, 0.1) is 5.92 Å². The number of unbranched alkanes of at least 4 members (excludes halogenated alkanes) is 8. The summed E-state index contributed by atoms with van der Waals surface area (Å²) in [6.45, 7) is 4.22. The lowest BCUT2D eigenvalue weighted by Gasteiger charge is -2.06. The summed E-state index contributed by atoms with van der Waals surface area (Å²) in [7, 11) is 0. The first-order valence-corrected chi connectivity index (χ1v) is 8.16. The molecule has 19 heavy (non-hydrogen) atoms. The third kappa shape index (κ3) is 13.6. The van der Waals surface area contributed by atoms with E-state index in [1.807, 2.05) is 6.92 Å². The van der Waals surface area contributed by atoms with E-state index in [0.29, 0.717) is 25.0 Å². The van der Waals surface area contributed by atoms with Crippen LogP contribution in [0.3, 0.4) is 0 Å². The van der Waals surface area contributed by atoms with Gasteiger partial charge in [-0.3, -0.25) is 4.79 Å². The van der Waals surface area contributed by atoms with Crippen molar-refractivity contribution >= 4 is 12.1 Å². The Bertz CT molecular complexity index is 223. The zero-order chi connectivity index (χ0) is 14.3. The number of rotatable bonds is 14. The summed E-state index contributed by atoms with van der Waals surface area (Å²) in [6, 6.07) is 0. The van der Waals surface area contributed by atoms with Gasteiger partial charge >= 0.3 is 0 Å². The highest BCUT2D eigenvalue weighted by Crippen LogP contribution is 2.13. The van der Waals surface area contributed by atoms with E-state index < -0.39 is 0 Å². The van der Waals surface area contributed by atoms with Crippen molar-refractivity contribution in [3.63, 3.8) is 0 Å². The Hall–Kier alpha value is -0.660. The molecule has 2 heteroatoms. The molecule has 0 spiro atoms. The predicted octanol–water partition coefficient (Wildman–Crippen LogP) is 5.09. The van der Waals surface area contributed by atoms with Crippen molar-refractivity contribution in [2.75, 3.05) is 0 Å². The van der Waals surface area contributed by atoms with Gasteiger partial charge in [0, 0.05) is 19.3 Å². The number of Topliss-reactive ketones (excluding diaryl/α,β-unsaturated/α-hetero) is 1. The summed E-state index contributed by atoms with van der Waals surface area (Å²) in [5, 5.41) is 0. The molecular weight excluding hydrogens is 236 g/mol. The molecule has 0 rings (SSSR count). The second-order valence-corrected chi connectivity index (χ2v) is 5.83. The lowest BCUT2D eigenvalue weighted by Crippen LogP contribution is -2.05. The molecular formula is C17H32O2. The molecule has 1 unspecified atom stereocenters. The van der Waals surface area contributed by atoms with Crippen LogP contribution in [0.4, 0.5) is 0 Å². The molecule has 0 saturated heterocycles. The van der Waals surface area contributed by atoms with Crippen LogP contribution in [-0.4, -0.2) is 12.1 Å². The fourth-order valence-corrected chi connectivity index (χ4v) is 2.37. The van der Waals surface area contributed by atoms with Gasteiger partial charge in [0.15, 0.2) is 0 Å². The van der Waals surface area contributed by atoms with Gasteiger partial charge in [-0.15, -0.1) is 0 Å². The van der Waals surface area contributed by atoms with Gasteiger partial charge in [-0.05, 0) is 12.3 Å². The lowest BCUT2D eigenvalue weighted by atomic mass is 9.98. The van der Waals surface area contributed by atoms with E-state index in [4.69, 9.17) is 0 Å². The highest BCUT2D eigenvalue weighted by molar-refractivity contribution is 5.78. The van der Waals surface area contributed by atoms with Crippen molar-refractivity contribution in [1.29, 1.82) is 0 Å². The largest absolute Gasteiger partial charge is 0.303 e. The summed E-state index contributed by atoms with van der Waals surface area (Å²) in [5.74, 6) is 0.556. The zero-order valence-corrected chi connectivity index (χ0v) is 13.0. The normalized spacial score (nSPS) is 12.3. The molecule has 0 aromatic heterocycles. The molecule has 0 saturated carbocycles. The van der Waals surface area contributed by atoms with Crippen LogP contribution in [0.1, 0.15) is 90.9 Å². The fraction of sp³-hybridized carbons (Fsp3) is 0.882. The molecule has 112 valence electrons. The van der Waals surface area contributed by atoms with Gasteiger partial charge in [-0.25, -0.2) is 0 Å². The van der Waals surface area contributed by atoms with Crippen LogP contribution in [-0.2, 0) is 9.59 Å². The first-order valence-electron chi connectivity index (χ1n) is 8.16. The van der Waals surface area contributed by atoms with Crippen molar-refractivity contribution in [2.24, 2.45) is 5.92 Å². The number of hydrogen-bond donors (Lipinski definition) is 0. The monoisotopic (exact) mass is 268 g/mol. The Kier molecular flexibility index (Phi) is 13.3. The van der Waals surface area contributed by atoms with Crippen LogP contribution in [0.25, 0.3) is 0 Å². The molecule has 0 aliphatic heterocycles. The number of ketones is 1. The fourth-order valence-electron chi connectivity index (χ4n) is 2.37. The van der Waals surface area contributed by atoms with E-state index in [2.05, 4.69) is 6.92 Å². The SMILES string of the molecule is CCCCCCCCCCCC(=O)CC(C)CC=O. The Labute approximate surface area is 119 Å². The minimum atomic E-state index is 0.226. The molecule has 0 bridgehead atoms. The van der Waals surface area contributed by atoms with Crippen LogP contribution >= 0.6 is 0 Å². The molecule has 0 heterocycles. The second kappa shape index (κ2) is 13.8. The summed E-state index contributed by atoms with van der Waals surface area (Å²) in [5.41, 5.74) is 0. The first-order chi connectivity index (χ1) is 9.20. The van der Waals surface area contributed by atoms with E-state index >= 15 is 0 Å². The van der Waals surface area contributed by atoms with Gasteiger partial charge in [0.1, 0.15) is 12.1 Å². The van der Waals surface area contributed by atoms with E-state index in [1.165, 1.54) is 51.4 Å². The highest BCUT2D eigenvalue weighted by atomic mass is 16.1. The van der Waals surface area contributed by atoms with Crippen LogP contribution in [0.2, 0.25) is 0 Å². The Morgan fingerprint density at radius 3 is 2.00 bits per heavy atom. The van der Waals surface area contributed by atoms with E-state index in [-0.39, 0.29) is 5.92 Å². The number of aldehydes is 1. The minimum Gasteiger partial charge on any atom is -0.303 e. The zero-order valence-electron chi connectivity index (χ0n) is 13.0. The van der Waals surface area contributed by atoms with Crippen LogP contribution < -0.4 is 0 Å². The maximum absolute atomic E-state index is 11.6. The van der Waals surface area contributed by atoms with Crippen molar-refractivity contribution in [1.82, 2.24) is 0 Å². The van der Waals surface area contributed by atoms with Gasteiger partial charge in [-0.1, -0.05) is 65.2 Å². The molecule has 0 radical (unpaired) electrons. The van der Waals surface area contributed by atoms with Gasteiger partial charge < -0.3 is 4.79 Å². The van der Waals surface area contributed by atoms with Gasteiger partial charge in [0.2, 0.25) is 0 Å². The lowest BCUT2D eigenvalue weighted by molar-refractivity contribution is -0.120. The maximum Gasteiger partial charge on any atom is 0.133 e. The first kappa shape index (κ1) is 18.3. The van der Waals surface area contributed by atoms with E-state index in [0.717, 1.165) is 12.7 Å². The summed E-state index contributed by atoms with van der Waals surface area (Å²) < 4.78 is 0. The Balaban J connectivity index is 3.25. The predicted molar refractivity (Wildman–Crippen MR) is 81.3 cm³/mol. The molecule has 0 aliphatic carbocycles. The highest BCUT2D eigenvalue weighted by Gasteiger charge is 2.08. The summed E-state index contributed by atoms with van der Waals surface area (Å²) in [6.07, 6.45) is 14.3. The number of carbonyl (C=O) groups is 2. The second-order valence-electron chi connectivity index (χ2n) is 5.83. The molecule has 1 atom stereocenters. The topological polar surface area (TPSA) is 34.1 Å². The average Bonchev–Trinajstić information content (AvgIpc) is 2.37. The standard InChI is InChI=1S/C17H32O2/c1-3-4-5-6-7-8-9-10-11-12-17(19)15-16(2)13-14-18/h14,16H,3-13,15H2,1-2H3. The molecule has 0 fully saturated rings. The molecule has 0 aliphatic rings.